The number of oxime groups is 1. The molecule has 2 aromatic heterocycles. The molecule has 0 aliphatic rings. The molecule has 0 unspecified atom stereocenters. The van der Waals surface area contributed by atoms with Crippen molar-refractivity contribution < 1.29 is 19.6 Å². The van der Waals surface area contributed by atoms with Crippen molar-refractivity contribution in [3.63, 3.8) is 0 Å². The minimum atomic E-state index is -0.867. The van der Waals surface area contributed by atoms with Crippen LogP contribution in [0.15, 0.2) is 58.2 Å². The van der Waals surface area contributed by atoms with Crippen molar-refractivity contribution in [3.8, 4) is 22.7 Å². The molecule has 0 aliphatic heterocycles. The van der Waals surface area contributed by atoms with Crippen LogP contribution in [-0.2, 0) is 4.79 Å². The molecule has 1 amide bonds. The van der Waals surface area contributed by atoms with E-state index >= 15 is 0 Å². The average molecular weight is 390 g/mol. The number of phenolic OH excluding ortho intramolecular Hbond substituents is 1. The molecule has 2 aromatic carbocycles. The first kappa shape index (κ1) is 18.3. The van der Waals surface area contributed by atoms with Crippen molar-refractivity contribution >= 4 is 22.5 Å². The van der Waals surface area contributed by atoms with E-state index < -0.39 is 5.91 Å². The lowest BCUT2D eigenvalue weighted by Crippen LogP contribution is -2.25. The Hall–Kier alpha value is -4.07. The molecule has 29 heavy (non-hydrogen) atoms. The number of hydrogen-bond acceptors (Lipinski definition) is 6. The van der Waals surface area contributed by atoms with Gasteiger partial charge in [-0.25, -0.2) is 0 Å². The molecule has 0 bridgehead atoms. The van der Waals surface area contributed by atoms with Crippen LogP contribution >= 0.6 is 0 Å². The van der Waals surface area contributed by atoms with E-state index in [1.165, 1.54) is 0 Å². The predicted octanol–water partition coefficient (Wildman–Crippen LogP) is 3.27. The summed E-state index contributed by atoms with van der Waals surface area (Å²) in [4.78, 5) is 12.1. The van der Waals surface area contributed by atoms with E-state index in [9.17, 15) is 15.1 Å². The molecule has 8 heteroatoms. The molecule has 146 valence electrons. The Morgan fingerprint density at radius 3 is 2.41 bits per heavy atom. The lowest BCUT2D eigenvalue weighted by atomic mass is 9.99. The van der Waals surface area contributed by atoms with E-state index in [2.05, 4.69) is 10.3 Å². The zero-order valence-electron chi connectivity index (χ0n) is 15.7. The van der Waals surface area contributed by atoms with Crippen molar-refractivity contribution in [3.05, 3.63) is 65.5 Å². The third-order valence-corrected chi connectivity index (χ3v) is 4.82. The molecular weight excluding hydrogens is 372 g/mol. The summed E-state index contributed by atoms with van der Waals surface area (Å²) in [7, 11) is 0. The molecule has 0 fully saturated rings. The topological polar surface area (TPSA) is 127 Å². The minimum absolute atomic E-state index is 0.124. The summed E-state index contributed by atoms with van der Waals surface area (Å²) >= 11 is 0. The number of aromatic nitrogens is 2. The summed E-state index contributed by atoms with van der Waals surface area (Å²) < 4.78 is 7.26. The number of rotatable bonds is 4. The number of nitrogens with two attached hydrogens (primary N) is 1. The first-order valence-corrected chi connectivity index (χ1v) is 8.82. The second kappa shape index (κ2) is 6.83. The first-order valence-electron chi connectivity index (χ1n) is 8.82. The van der Waals surface area contributed by atoms with Crippen LogP contribution in [0.25, 0.3) is 27.8 Å². The van der Waals surface area contributed by atoms with Gasteiger partial charge >= 0.3 is 0 Å². The number of carbonyl (C=O) groups excluding carboxylic acids is 1. The number of primary amides is 1. The van der Waals surface area contributed by atoms with Crippen LogP contribution in [0.2, 0.25) is 0 Å². The monoisotopic (exact) mass is 390 g/mol. The largest absolute Gasteiger partial charge is 0.508 e. The van der Waals surface area contributed by atoms with Gasteiger partial charge in [-0.05, 0) is 44.2 Å². The van der Waals surface area contributed by atoms with Crippen LogP contribution in [0.3, 0.4) is 0 Å². The number of aryl methyl sites for hydroxylation is 2. The maximum absolute atomic E-state index is 12.1. The Morgan fingerprint density at radius 2 is 1.83 bits per heavy atom. The summed E-state index contributed by atoms with van der Waals surface area (Å²) in [6.45, 7) is 3.55. The molecule has 4 rings (SSSR count). The van der Waals surface area contributed by atoms with Crippen LogP contribution in [0.5, 0.6) is 5.75 Å². The standard InChI is InChI=1S/C21H18N4O4/c1-11-17(12(2)29-24-11)20-18(19(23-28)21(22)27)15-5-3-4-6-16(15)25(20)13-7-9-14(26)10-8-13/h3-10,26,28H,1-2H3,(H2,22,27). The lowest BCUT2D eigenvalue weighted by Gasteiger charge is -2.13. The van der Waals surface area contributed by atoms with E-state index in [-0.39, 0.29) is 11.5 Å². The van der Waals surface area contributed by atoms with E-state index in [0.29, 0.717) is 33.7 Å². The number of hydrogen-bond donors (Lipinski definition) is 3. The lowest BCUT2D eigenvalue weighted by molar-refractivity contribution is -0.112. The number of amides is 1. The average Bonchev–Trinajstić information content (AvgIpc) is 3.20. The first-order chi connectivity index (χ1) is 13.9. The molecule has 0 aliphatic carbocycles. The maximum atomic E-state index is 12.1. The third kappa shape index (κ3) is 2.82. The normalized spacial score (nSPS) is 11.9. The highest BCUT2D eigenvalue weighted by Crippen LogP contribution is 2.39. The zero-order chi connectivity index (χ0) is 20.7. The van der Waals surface area contributed by atoms with Gasteiger partial charge in [-0.3, -0.25) is 4.79 Å². The minimum Gasteiger partial charge on any atom is -0.508 e. The van der Waals surface area contributed by atoms with Gasteiger partial charge in [0.2, 0.25) is 0 Å². The van der Waals surface area contributed by atoms with Crippen LogP contribution in [0, 0.1) is 13.8 Å². The summed E-state index contributed by atoms with van der Waals surface area (Å²) in [5.74, 6) is -0.207. The number of nitrogens with zero attached hydrogens (tertiary/aromatic N) is 3. The second-order valence-electron chi connectivity index (χ2n) is 6.60. The van der Waals surface area contributed by atoms with Crippen molar-refractivity contribution in [1.29, 1.82) is 0 Å². The van der Waals surface area contributed by atoms with Gasteiger partial charge in [0.15, 0.2) is 5.71 Å². The van der Waals surface area contributed by atoms with Gasteiger partial charge in [0.25, 0.3) is 5.91 Å². The molecule has 4 aromatic rings. The van der Waals surface area contributed by atoms with Crippen molar-refractivity contribution in [2.45, 2.75) is 13.8 Å². The number of aromatic hydroxyl groups is 1. The van der Waals surface area contributed by atoms with Gasteiger partial charge in [0.1, 0.15) is 11.5 Å². The molecule has 2 heterocycles. The van der Waals surface area contributed by atoms with Crippen LogP contribution in [0.4, 0.5) is 0 Å². The molecular formula is C21H18N4O4. The highest BCUT2D eigenvalue weighted by molar-refractivity contribution is 6.48. The predicted molar refractivity (Wildman–Crippen MR) is 107 cm³/mol. The number of carbonyl (C=O) groups is 1. The molecule has 0 saturated carbocycles. The molecule has 0 saturated heterocycles. The zero-order valence-corrected chi connectivity index (χ0v) is 15.7. The van der Waals surface area contributed by atoms with Crippen LogP contribution < -0.4 is 5.73 Å². The van der Waals surface area contributed by atoms with Gasteiger partial charge in [-0.1, -0.05) is 28.5 Å². The quantitative estimate of drug-likeness (QED) is 0.280. The smallest absolute Gasteiger partial charge is 0.271 e. The summed E-state index contributed by atoms with van der Waals surface area (Å²) in [6.07, 6.45) is 0. The Bertz CT molecular complexity index is 1250. The fourth-order valence-electron chi connectivity index (χ4n) is 3.63. The number of para-hydroxylation sites is 1. The summed E-state index contributed by atoms with van der Waals surface area (Å²) in [5.41, 5.74) is 8.93. The Kier molecular flexibility index (Phi) is 4.31. The number of fused-ring (bicyclic) bond motifs is 1. The fourth-order valence-corrected chi connectivity index (χ4v) is 3.63. The SMILES string of the molecule is Cc1noc(C)c1-c1c(C(=NO)C(N)=O)c2ccccc2n1-c1ccc(O)cc1. The molecule has 4 N–H and O–H groups in total. The highest BCUT2D eigenvalue weighted by Gasteiger charge is 2.29. The number of benzene rings is 2. The third-order valence-electron chi connectivity index (χ3n) is 4.82. The van der Waals surface area contributed by atoms with Gasteiger partial charge in [0.05, 0.1) is 22.5 Å². The van der Waals surface area contributed by atoms with Crippen molar-refractivity contribution in [2.75, 3.05) is 0 Å². The molecule has 0 atom stereocenters. The summed E-state index contributed by atoms with van der Waals surface area (Å²) in [5, 5.41) is 27.2. The summed E-state index contributed by atoms with van der Waals surface area (Å²) in [6, 6.07) is 14.0. The molecule has 0 radical (unpaired) electrons. The van der Waals surface area contributed by atoms with Gasteiger partial charge in [-0.15, -0.1) is 0 Å². The van der Waals surface area contributed by atoms with E-state index in [1.807, 2.05) is 28.8 Å². The van der Waals surface area contributed by atoms with E-state index in [0.717, 1.165) is 11.2 Å². The Morgan fingerprint density at radius 1 is 1.14 bits per heavy atom. The van der Waals surface area contributed by atoms with Crippen LogP contribution in [-0.4, -0.2) is 31.7 Å². The van der Waals surface area contributed by atoms with E-state index in [4.69, 9.17) is 10.3 Å². The van der Waals surface area contributed by atoms with Crippen molar-refractivity contribution in [1.82, 2.24) is 9.72 Å². The molecule has 0 spiro atoms. The number of phenols is 1. The molecule has 8 nitrogen and oxygen atoms in total. The van der Waals surface area contributed by atoms with Gasteiger partial charge < -0.3 is 25.1 Å². The van der Waals surface area contributed by atoms with E-state index in [1.54, 1.807) is 38.1 Å². The maximum Gasteiger partial charge on any atom is 0.271 e. The van der Waals surface area contributed by atoms with Crippen molar-refractivity contribution in [2.24, 2.45) is 10.9 Å². The second-order valence-corrected chi connectivity index (χ2v) is 6.60. The van der Waals surface area contributed by atoms with Crippen LogP contribution in [0.1, 0.15) is 17.0 Å². The fraction of sp³-hybridized carbons (Fsp3) is 0.0952. The van der Waals surface area contributed by atoms with Gasteiger partial charge in [-0.2, -0.15) is 0 Å². The van der Waals surface area contributed by atoms with Gasteiger partial charge in [0, 0.05) is 16.6 Å². The Labute approximate surface area is 165 Å². The highest BCUT2D eigenvalue weighted by atomic mass is 16.5. The Balaban J connectivity index is 2.24.